The van der Waals surface area contributed by atoms with Gasteiger partial charge in [0.05, 0.1) is 5.56 Å². The lowest BCUT2D eigenvalue weighted by molar-refractivity contribution is 0.0693. The predicted octanol–water partition coefficient (Wildman–Crippen LogP) is 2.60. The Kier molecular flexibility index (Phi) is 5.89. The molecule has 19 heavy (non-hydrogen) atoms. The molecule has 1 atom stereocenters. The van der Waals surface area contributed by atoms with Gasteiger partial charge in [0.2, 0.25) is 0 Å². The Hall–Kier alpha value is -1.49. The monoisotopic (exact) mass is 281 g/mol. The molecule has 5 heteroatoms. The maximum atomic E-state index is 12.2. The molecule has 104 valence electrons. The fourth-order valence-electron chi connectivity index (χ4n) is 1.64. The number of carbonyl (C=O) groups is 2. The number of rotatable bonds is 6. The largest absolute Gasteiger partial charge is 0.478 e. The van der Waals surface area contributed by atoms with E-state index in [9.17, 15) is 9.59 Å². The number of carbonyl (C=O) groups excluding carboxylic acids is 1. The molecule has 0 aliphatic rings. The van der Waals surface area contributed by atoms with E-state index < -0.39 is 5.97 Å². The summed E-state index contributed by atoms with van der Waals surface area (Å²) < 4.78 is 0. The molecule has 1 aromatic rings. The maximum absolute atomic E-state index is 12.2. The minimum Gasteiger partial charge on any atom is -0.478 e. The fraction of sp³-hybridized carbons (Fsp3) is 0.429. The summed E-state index contributed by atoms with van der Waals surface area (Å²) in [5.41, 5.74) is 0.707. The van der Waals surface area contributed by atoms with Crippen LogP contribution in [0.1, 0.15) is 34.1 Å². The van der Waals surface area contributed by atoms with E-state index in [1.54, 1.807) is 35.8 Å². The standard InChI is InChI=1S/C14H19NO3S/c1-10(8-9-19-3)15(2)13(16)11-4-6-12(7-5-11)14(17)18/h4-7,10H,8-9H2,1-3H3,(H,17,18). The summed E-state index contributed by atoms with van der Waals surface area (Å²) in [6.07, 6.45) is 2.98. The maximum Gasteiger partial charge on any atom is 0.335 e. The van der Waals surface area contributed by atoms with Gasteiger partial charge in [-0.05, 0) is 49.6 Å². The second kappa shape index (κ2) is 7.19. The minimum atomic E-state index is -0.985. The first-order valence-corrected chi connectivity index (χ1v) is 7.46. The number of thioether (sulfide) groups is 1. The highest BCUT2D eigenvalue weighted by Gasteiger charge is 2.17. The van der Waals surface area contributed by atoms with Gasteiger partial charge < -0.3 is 10.0 Å². The number of carboxylic acids is 1. The second-order valence-electron chi connectivity index (χ2n) is 4.43. The summed E-state index contributed by atoms with van der Waals surface area (Å²) in [4.78, 5) is 24.6. The van der Waals surface area contributed by atoms with Crippen LogP contribution in [0.5, 0.6) is 0 Å². The van der Waals surface area contributed by atoms with E-state index in [4.69, 9.17) is 5.11 Å². The summed E-state index contributed by atoms with van der Waals surface area (Å²) >= 11 is 1.76. The number of amides is 1. The van der Waals surface area contributed by atoms with Crippen LogP contribution >= 0.6 is 11.8 Å². The van der Waals surface area contributed by atoms with Crippen molar-refractivity contribution in [3.05, 3.63) is 35.4 Å². The average Bonchev–Trinajstić information content (AvgIpc) is 2.43. The first-order chi connectivity index (χ1) is 8.97. The average molecular weight is 281 g/mol. The van der Waals surface area contributed by atoms with E-state index >= 15 is 0 Å². The van der Waals surface area contributed by atoms with Gasteiger partial charge in [0, 0.05) is 18.7 Å². The topological polar surface area (TPSA) is 57.6 Å². The van der Waals surface area contributed by atoms with Gasteiger partial charge in [-0.2, -0.15) is 11.8 Å². The van der Waals surface area contributed by atoms with Gasteiger partial charge in [0.1, 0.15) is 0 Å². The van der Waals surface area contributed by atoms with Crippen LogP contribution in [0.2, 0.25) is 0 Å². The minimum absolute atomic E-state index is 0.0782. The summed E-state index contributed by atoms with van der Waals surface area (Å²) in [5.74, 6) is -0.0530. The Morgan fingerprint density at radius 2 is 1.79 bits per heavy atom. The number of hydrogen-bond donors (Lipinski definition) is 1. The van der Waals surface area contributed by atoms with Crippen molar-refractivity contribution in [1.82, 2.24) is 4.90 Å². The molecule has 1 aromatic carbocycles. The zero-order valence-electron chi connectivity index (χ0n) is 11.4. The highest BCUT2D eigenvalue weighted by Crippen LogP contribution is 2.12. The summed E-state index contributed by atoms with van der Waals surface area (Å²) in [6.45, 7) is 2.01. The van der Waals surface area contributed by atoms with Crippen molar-refractivity contribution in [2.45, 2.75) is 19.4 Å². The lowest BCUT2D eigenvalue weighted by Crippen LogP contribution is -2.35. The number of aromatic carboxylic acids is 1. The summed E-state index contributed by atoms with van der Waals surface area (Å²) in [7, 11) is 1.78. The highest BCUT2D eigenvalue weighted by atomic mass is 32.2. The van der Waals surface area contributed by atoms with Crippen molar-refractivity contribution < 1.29 is 14.7 Å². The predicted molar refractivity (Wildman–Crippen MR) is 78.0 cm³/mol. The molecule has 1 unspecified atom stereocenters. The molecule has 1 amide bonds. The van der Waals surface area contributed by atoms with E-state index in [-0.39, 0.29) is 17.5 Å². The van der Waals surface area contributed by atoms with Crippen LogP contribution in [-0.4, -0.2) is 47.0 Å². The van der Waals surface area contributed by atoms with E-state index in [1.165, 1.54) is 12.1 Å². The van der Waals surface area contributed by atoms with Crippen LogP contribution < -0.4 is 0 Å². The normalized spacial score (nSPS) is 11.9. The Balaban J connectivity index is 2.73. The molecular weight excluding hydrogens is 262 g/mol. The Morgan fingerprint density at radius 3 is 2.26 bits per heavy atom. The van der Waals surface area contributed by atoms with Gasteiger partial charge in [-0.15, -0.1) is 0 Å². The SMILES string of the molecule is CSCCC(C)N(C)C(=O)c1ccc(C(=O)O)cc1. The van der Waals surface area contributed by atoms with Crippen molar-refractivity contribution in [1.29, 1.82) is 0 Å². The lowest BCUT2D eigenvalue weighted by atomic mass is 10.1. The third-order valence-electron chi connectivity index (χ3n) is 3.10. The van der Waals surface area contributed by atoms with Crippen molar-refractivity contribution in [2.75, 3.05) is 19.1 Å². The molecule has 0 saturated carbocycles. The van der Waals surface area contributed by atoms with Crippen LogP contribution in [0.4, 0.5) is 0 Å². The molecule has 0 heterocycles. The molecule has 0 aromatic heterocycles. The van der Waals surface area contributed by atoms with E-state index in [0.717, 1.165) is 12.2 Å². The van der Waals surface area contributed by atoms with Crippen molar-refractivity contribution in [3.8, 4) is 0 Å². The Bertz CT molecular complexity index is 445. The molecule has 1 N–H and O–H groups in total. The van der Waals surface area contributed by atoms with Crippen LogP contribution in [-0.2, 0) is 0 Å². The molecule has 0 aliphatic heterocycles. The third-order valence-corrected chi connectivity index (χ3v) is 3.74. The first-order valence-electron chi connectivity index (χ1n) is 6.06. The molecule has 0 spiro atoms. The molecule has 4 nitrogen and oxygen atoms in total. The van der Waals surface area contributed by atoms with Crippen LogP contribution in [0, 0.1) is 0 Å². The number of carboxylic acid groups (broad SMARTS) is 1. The highest BCUT2D eigenvalue weighted by molar-refractivity contribution is 7.98. The van der Waals surface area contributed by atoms with Gasteiger partial charge in [0.25, 0.3) is 5.91 Å². The number of benzene rings is 1. The lowest BCUT2D eigenvalue weighted by Gasteiger charge is -2.24. The fourth-order valence-corrected chi connectivity index (χ4v) is 2.22. The van der Waals surface area contributed by atoms with E-state index in [1.807, 2.05) is 13.2 Å². The summed E-state index contributed by atoms with van der Waals surface area (Å²) in [5, 5.41) is 8.81. The molecular formula is C14H19NO3S. The zero-order valence-corrected chi connectivity index (χ0v) is 12.2. The third kappa shape index (κ3) is 4.28. The Morgan fingerprint density at radius 1 is 1.26 bits per heavy atom. The van der Waals surface area contributed by atoms with Gasteiger partial charge in [0.15, 0.2) is 0 Å². The first kappa shape index (κ1) is 15.6. The van der Waals surface area contributed by atoms with Crippen LogP contribution in [0.15, 0.2) is 24.3 Å². The van der Waals surface area contributed by atoms with Crippen molar-refractivity contribution >= 4 is 23.6 Å². The van der Waals surface area contributed by atoms with Crippen LogP contribution in [0.25, 0.3) is 0 Å². The van der Waals surface area contributed by atoms with Crippen molar-refractivity contribution in [2.24, 2.45) is 0 Å². The van der Waals surface area contributed by atoms with Gasteiger partial charge >= 0.3 is 5.97 Å². The second-order valence-corrected chi connectivity index (χ2v) is 5.41. The van der Waals surface area contributed by atoms with Gasteiger partial charge in [-0.25, -0.2) is 4.79 Å². The molecule has 0 fully saturated rings. The molecule has 0 radical (unpaired) electrons. The molecule has 0 aliphatic carbocycles. The smallest absolute Gasteiger partial charge is 0.335 e. The quantitative estimate of drug-likeness (QED) is 0.870. The van der Waals surface area contributed by atoms with E-state index in [0.29, 0.717) is 5.56 Å². The summed E-state index contributed by atoms with van der Waals surface area (Å²) in [6, 6.07) is 6.19. The van der Waals surface area contributed by atoms with Crippen molar-refractivity contribution in [3.63, 3.8) is 0 Å². The van der Waals surface area contributed by atoms with Gasteiger partial charge in [-0.3, -0.25) is 4.79 Å². The molecule has 0 bridgehead atoms. The number of hydrogen-bond acceptors (Lipinski definition) is 3. The molecule has 0 saturated heterocycles. The molecule has 1 rings (SSSR count). The van der Waals surface area contributed by atoms with Gasteiger partial charge in [-0.1, -0.05) is 0 Å². The van der Waals surface area contributed by atoms with Crippen LogP contribution in [0.3, 0.4) is 0 Å². The van der Waals surface area contributed by atoms with E-state index in [2.05, 4.69) is 0 Å². The zero-order chi connectivity index (χ0) is 14.4. The number of nitrogens with zero attached hydrogens (tertiary/aromatic N) is 1. The Labute approximate surface area is 117 Å².